The van der Waals surface area contributed by atoms with Gasteiger partial charge in [0.2, 0.25) is 0 Å². The van der Waals surface area contributed by atoms with Crippen molar-refractivity contribution >= 4 is 11.3 Å². The molecule has 1 aromatic rings. The summed E-state index contributed by atoms with van der Waals surface area (Å²) in [6.45, 7) is 2.36. The van der Waals surface area contributed by atoms with E-state index in [0.29, 0.717) is 0 Å². The van der Waals surface area contributed by atoms with E-state index < -0.39 is 0 Å². The Morgan fingerprint density at radius 2 is 2.36 bits per heavy atom. The summed E-state index contributed by atoms with van der Waals surface area (Å²) in [5, 5.41) is 2.24. The lowest BCUT2D eigenvalue weighted by Gasteiger charge is -2.06. The molecule has 0 saturated carbocycles. The topological polar surface area (TPSA) is 0 Å². The van der Waals surface area contributed by atoms with Crippen molar-refractivity contribution < 1.29 is 0 Å². The Hall–Kier alpha value is -0.300. The van der Waals surface area contributed by atoms with Crippen molar-refractivity contribution in [3.8, 4) is 0 Å². The first-order valence-electron chi connectivity index (χ1n) is 4.44. The molecule has 0 bridgehead atoms. The quantitative estimate of drug-likeness (QED) is 0.517. The number of rotatable bonds is 0. The van der Waals surface area contributed by atoms with E-state index in [1.165, 1.54) is 25.7 Å². The molecule has 60 valence electrons. The lowest BCUT2D eigenvalue weighted by atomic mass is 10.00. The van der Waals surface area contributed by atoms with Gasteiger partial charge < -0.3 is 0 Å². The molecule has 0 spiro atoms. The van der Waals surface area contributed by atoms with Crippen molar-refractivity contribution in [2.75, 3.05) is 0 Å². The van der Waals surface area contributed by atoms with Crippen molar-refractivity contribution in [3.05, 3.63) is 21.9 Å². The molecule has 1 heteroatoms. The standard InChI is InChI=1S/C10H14S/c1-8-4-2-3-5-10-9(8)6-7-11-10/h6-8H,2-5H2,1H3. The second-order valence-corrected chi connectivity index (χ2v) is 4.45. The van der Waals surface area contributed by atoms with Crippen LogP contribution in [0.4, 0.5) is 0 Å². The highest BCUT2D eigenvalue weighted by Gasteiger charge is 2.14. The van der Waals surface area contributed by atoms with Gasteiger partial charge >= 0.3 is 0 Å². The highest BCUT2D eigenvalue weighted by atomic mass is 32.1. The smallest absolute Gasteiger partial charge is 0.00799 e. The molecule has 0 amide bonds. The highest BCUT2D eigenvalue weighted by Crippen LogP contribution is 2.32. The Bertz CT molecular complexity index is 237. The molecule has 0 fully saturated rings. The summed E-state index contributed by atoms with van der Waals surface area (Å²) >= 11 is 1.94. The molecule has 0 saturated heterocycles. The Kier molecular flexibility index (Phi) is 1.99. The first-order chi connectivity index (χ1) is 5.38. The number of thiophene rings is 1. The van der Waals surface area contributed by atoms with E-state index in [0.717, 1.165) is 5.92 Å². The normalized spacial score (nSPS) is 24.3. The summed E-state index contributed by atoms with van der Waals surface area (Å²) in [5.74, 6) is 0.818. The average molecular weight is 166 g/mol. The van der Waals surface area contributed by atoms with Crippen molar-refractivity contribution in [1.29, 1.82) is 0 Å². The Balaban J connectivity index is 2.34. The second kappa shape index (κ2) is 2.98. The molecule has 1 aromatic heterocycles. The van der Waals surface area contributed by atoms with Gasteiger partial charge in [0, 0.05) is 4.88 Å². The van der Waals surface area contributed by atoms with Gasteiger partial charge in [-0.1, -0.05) is 13.3 Å². The second-order valence-electron chi connectivity index (χ2n) is 3.45. The molecule has 0 nitrogen and oxygen atoms in total. The van der Waals surface area contributed by atoms with Crippen molar-refractivity contribution in [1.82, 2.24) is 0 Å². The third-order valence-electron chi connectivity index (χ3n) is 2.60. The number of hydrogen-bond acceptors (Lipinski definition) is 1. The molecular weight excluding hydrogens is 152 g/mol. The third kappa shape index (κ3) is 1.34. The van der Waals surface area contributed by atoms with E-state index >= 15 is 0 Å². The fourth-order valence-corrected chi connectivity index (χ4v) is 2.93. The van der Waals surface area contributed by atoms with E-state index in [1.54, 1.807) is 10.4 Å². The molecule has 0 aliphatic heterocycles. The van der Waals surface area contributed by atoms with E-state index in [2.05, 4.69) is 18.4 Å². The van der Waals surface area contributed by atoms with Gasteiger partial charge in [0.15, 0.2) is 0 Å². The first kappa shape index (κ1) is 7.35. The van der Waals surface area contributed by atoms with Gasteiger partial charge in [-0.2, -0.15) is 0 Å². The van der Waals surface area contributed by atoms with Crippen LogP contribution in [0, 0.1) is 0 Å². The summed E-state index contributed by atoms with van der Waals surface area (Å²) in [6, 6.07) is 2.32. The lowest BCUT2D eigenvalue weighted by Crippen LogP contribution is -1.89. The van der Waals surface area contributed by atoms with Crippen LogP contribution in [-0.4, -0.2) is 0 Å². The molecule has 0 aromatic carbocycles. The average Bonchev–Trinajstić information content (AvgIpc) is 2.40. The zero-order valence-corrected chi connectivity index (χ0v) is 7.79. The molecule has 1 heterocycles. The molecule has 1 aliphatic carbocycles. The number of fused-ring (bicyclic) bond motifs is 1. The molecule has 2 rings (SSSR count). The Labute approximate surface area is 72.3 Å². The lowest BCUT2D eigenvalue weighted by molar-refractivity contribution is 0.635. The summed E-state index contributed by atoms with van der Waals surface area (Å²) in [6.07, 6.45) is 5.54. The van der Waals surface area contributed by atoms with Crippen LogP contribution in [-0.2, 0) is 6.42 Å². The van der Waals surface area contributed by atoms with E-state index in [4.69, 9.17) is 0 Å². The van der Waals surface area contributed by atoms with Gasteiger partial charge in [0.25, 0.3) is 0 Å². The van der Waals surface area contributed by atoms with Gasteiger partial charge in [0.05, 0.1) is 0 Å². The van der Waals surface area contributed by atoms with Crippen LogP contribution in [0.1, 0.15) is 42.5 Å². The largest absolute Gasteiger partial charge is 0.149 e. The van der Waals surface area contributed by atoms with E-state index in [-0.39, 0.29) is 0 Å². The molecule has 0 N–H and O–H groups in total. The summed E-state index contributed by atoms with van der Waals surface area (Å²) in [4.78, 5) is 1.65. The summed E-state index contributed by atoms with van der Waals surface area (Å²) < 4.78 is 0. The van der Waals surface area contributed by atoms with Crippen LogP contribution in [0.15, 0.2) is 11.4 Å². The van der Waals surface area contributed by atoms with Gasteiger partial charge in [0.1, 0.15) is 0 Å². The zero-order chi connectivity index (χ0) is 7.68. The predicted molar refractivity (Wildman–Crippen MR) is 50.3 cm³/mol. The van der Waals surface area contributed by atoms with Gasteiger partial charge in [-0.15, -0.1) is 11.3 Å². The number of aryl methyl sites for hydroxylation is 1. The van der Waals surface area contributed by atoms with E-state index in [1.807, 2.05) is 11.3 Å². The fraction of sp³-hybridized carbons (Fsp3) is 0.600. The monoisotopic (exact) mass is 166 g/mol. The van der Waals surface area contributed by atoms with Crippen molar-refractivity contribution in [2.45, 2.75) is 38.5 Å². The SMILES string of the molecule is CC1CCCCc2sccc21. The van der Waals surface area contributed by atoms with Crippen LogP contribution in [0.5, 0.6) is 0 Å². The van der Waals surface area contributed by atoms with Crippen LogP contribution in [0.3, 0.4) is 0 Å². The maximum Gasteiger partial charge on any atom is 0.00799 e. The maximum absolute atomic E-state index is 2.36. The molecular formula is C10H14S. The molecule has 11 heavy (non-hydrogen) atoms. The van der Waals surface area contributed by atoms with Crippen LogP contribution >= 0.6 is 11.3 Å². The molecule has 1 atom stereocenters. The van der Waals surface area contributed by atoms with Crippen LogP contribution in [0.25, 0.3) is 0 Å². The summed E-state index contributed by atoms with van der Waals surface area (Å²) in [5.41, 5.74) is 1.63. The van der Waals surface area contributed by atoms with Crippen LogP contribution in [0.2, 0.25) is 0 Å². The fourth-order valence-electron chi connectivity index (χ4n) is 1.88. The molecule has 1 unspecified atom stereocenters. The third-order valence-corrected chi connectivity index (χ3v) is 3.60. The Morgan fingerprint density at radius 1 is 1.45 bits per heavy atom. The van der Waals surface area contributed by atoms with E-state index in [9.17, 15) is 0 Å². The van der Waals surface area contributed by atoms with Crippen molar-refractivity contribution in [3.63, 3.8) is 0 Å². The van der Waals surface area contributed by atoms with Crippen LogP contribution < -0.4 is 0 Å². The van der Waals surface area contributed by atoms with Gasteiger partial charge in [-0.25, -0.2) is 0 Å². The van der Waals surface area contributed by atoms with Gasteiger partial charge in [-0.3, -0.25) is 0 Å². The Morgan fingerprint density at radius 3 is 3.27 bits per heavy atom. The minimum Gasteiger partial charge on any atom is -0.149 e. The van der Waals surface area contributed by atoms with Gasteiger partial charge in [-0.05, 0) is 42.2 Å². The van der Waals surface area contributed by atoms with Crippen molar-refractivity contribution in [2.24, 2.45) is 0 Å². The zero-order valence-electron chi connectivity index (χ0n) is 6.97. The number of hydrogen-bond donors (Lipinski definition) is 0. The first-order valence-corrected chi connectivity index (χ1v) is 5.32. The predicted octanol–water partition coefficient (Wildman–Crippen LogP) is 3.58. The highest BCUT2D eigenvalue weighted by molar-refractivity contribution is 7.10. The molecule has 0 radical (unpaired) electrons. The maximum atomic E-state index is 2.36. The minimum absolute atomic E-state index is 0.818. The summed E-state index contributed by atoms with van der Waals surface area (Å²) in [7, 11) is 0. The minimum atomic E-state index is 0.818. The molecule has 1 aliphatic rings.